The Morgan fingerprint density at radius 2 is 1.68 bits per heavy atom. The lowest BCUT2D eigenvalue weighted by Gasteiger charge is -2.28. The minimum absolute atomic E-state index is 0.206. The number of aryl methyl sites for hydroxylation is 1. The second-order valence-electron chi connectivity index (χ2n) is 7.19. The van der Waals surface area contributed by atoms with Gasteiger partial charge in [-0.2, -0.15) is 0 Å². The summed E-state index contributed by atoms with van der Waals surface area (Å²) >= 11 is 12.8. The first kappa shape index (κ1) is 17.6. The number of hydrogen-bond donors (Lipinski definition) is 2. The van der Waals surface area contributed by atoms with Gasteiger partial charge in [0, 0.05) is 21.3 Å². The molecule has 2 atom stereocenters. The molecule has 3 aromatic rings. The molecule has 2 aliphatic rings. The summed E-state index contributed by atoms with van der Waals surface area (Å²) in [6.45, 7) is 0. The zero-order valence-electron chi connectivity index (χ0n) is 15.1. The van der Waals surface area contributed by atoms with Crippen molar-refractivity contribution in [2.24, 2.45) is 4.99 Å². The van der Waals surface area contributed by atoms with Crippen LogP contribution in [0.15, 0.2) is 71.7 Å². The van der Waals surface area contributed by atoms with Gasteiger partial charge in [0.1, 0.15) is 6.04 Å². The predicted molar refractivity (Wildman–Crippen MR) is 116 cm³/mol. The van der Waals surface area contributed by atoms with E-state index in [0.29, 0.717) is 10.0 Å². The maximum absolute atomic E-state index is 6.51. The standard InChI is InChI=1S/C23H19Cl2N3/c24-15-10-12-21-18(13-15)22(17-7-3-4-8-19(17)25)28-23(27-21)26-20-11-9-14-5-1-2-6-16(14)20/h1-8,10,12-13,20,22H,9,11H2,(H2,26,27,28)/t20-,22?/m0/s1. The fraction of sp³-hybridized carbons (Fsp3) is 0.174. The molecular weight excluding hydrogens is 389 g/mol. The highest BCUT2D eigenvalue weighted by Gasteiger charge is 2.28. The number of aliphatic imine (C=N–C) groups is 1. The van der Waals surface area contributed by atoms with Crippen LogP contribution in [-0.2, 0) is 6.42 Å². The van der Waals surface area contributed by atoms with E-state index < -0.39 is 0 Å². The number of anilines is 1. The van der Waals surface area contributed by atoms with Gasteiger partial charge in [-0.25, -0.2) is 4.99 Å². The molecule has 0 saturated heterocycles. The molecule has 0 bridgehead atoms. The van der Waals surface area contributed by atoms with Crippen molar-refractivity contribution in [1.29, 1.82) is 0 Å². The first-order chi connectivity index (χ1) is 13.7. The zero-order chi connectivity index (χ0) is 19.1. The number of hydrogen-bond acceptors (Lipinski definition) is 3. The van der Waals surface area contributed by atoms with E-state index in [1.807, 2.05) is 42.5 Å². The van der Waals surface area contributed by atoms with Crippen LogP contribution in [-0.4, -0.2) is 5.96 Å². The lowest BCUT2D eigenvalue weighted by Crippen LogP contribution is -2.36. The molecule has 3 nitrogen and oxygen atoms in total. The minimum Gasteiger partial charge on any atom is -0.349 e. The third kappa shape index (κ3) is 3.15. The van der Waals surface area contributed by atoms with Gasteiger partial charge in [-0.1, -0.05) is 65.7 Å². The van der Waals surface area contributed by atoms with Crippen LogP contribution >= 0.6 is 23.2 Å². The van der Waals surface area contributed by atoms with Crippen molar-refractivity contribution in [1.82, 2.24) is 5.32 Å². The molecule has 0 fully saturated rings. The van der Waals surface area contributed by atoms with Crippen LogP contribution in [0.4, 0.5) is 5.69 Å². The highest BCUT2D eigenvalue weighted by atomic mass is 35.5. The van der Waals surface area contributed by atoms with E-state index in [4.69, 9.17) is 28.2 Å². The highest BCUT2D eigenvalue weighted by molar-refractivity contribution is 6.31. The molecule has 5 rings (SSSR count). The van der Waals surface area contributed by atoms with Gasteiger partial charge >= 0.3 is 0 Å². The number of nitrogens with one attached hydrogen (secondary N) is 2. The maximum Gasteiger partial charge on any atom is 0.197 e. The average Bonchev–Trinajstić information content (AvgIpc) is 3.11. The van der Waals surface area contributed by atoms with Gasteiger partial charge in [-0.15, -0.1) is 0 Å². The zero-order valence-corrected chi connectivity index (χ0v) is 16.6. The molecule has 1 unspecified atom stereocenters. The van der Waals surface area contributed by atoms with Crippen LogP contribution in [0.25, 0.3) is 0 Å². The summed E-state index contributed by atoms with van der Waals surface area (Å²) in [7, 11) is 0. The minimum atomic E-state index is -0.206. The van der Waals surface area contributed by atoms with Crippen molar-refractivity contribution in [3.05, 3.63) is 99.0 Å². The largest absolute Gasteiger partial charge is 0.349 e. The summed E-state index contributed by atoms with van der Waals surface area (Å²) in [6, 6.07) is 22.4. The van der Waals surface area contributed by atoms with Crippen LogP contribution in [0.3, 0.4) is 0 Å². The molecule has 0 saturated carbocycles. The Hall–Kier alpha value is -2.49. The smallest absolute Gasteiger partial charge is 0.197 e. The number of halogens is 2. The van der Waals surface area contributed by atoms with E-state index in [0.717, 1.165) is 35.6 Å². The molecule has 28 heavy (non-hydrogen) atoms. The van der Waals surface area contributed by atoms with Crippen LogP contribution in [0.2, 0.25) is 10.0 Å². The van der Waals surface area contributed by atoms with E-state index >= 15 is 0 Å². The number of rotatable bonds is 2. The van der Waals surface area contributed by atoms with Gasteiger partial charge in [-0.3, -0.25) is 0 Å². The Kier molecular flexibility index (Phi) is 4.50. The van der Waals surface area contributed by atoms with E-state index in [1.54, 1.807) is 0 Å². The Bertz CT molecular complexity index is 1080. The predicted octanol–water partition coefficient (Wildman–Crippen LogP) is 6.14. The van der Waals surface area contributed by atoms with Crippen molar-refractivity contribution >= 4 is 34.8 Å². The van der Waals surface area contributed by atoms with E-state index in [1.165, 1.54) is 11.1 Å². The van der Waals surface area contributed by atoms with Crippen LogP contribution in [0.5, 0.6) is 0 Å². The maximum atomic E-state index is 6.51. The summed E-state index contributed by atoms with van der Waals surface area (Å²) in [5.74, 6) is 0.765. The van der Waals surface area contributed by atoms with E-state index in [9.17, 15) is 0 Å². The SMILES string of the molecule is Clc1ccc2c(c1)C(c1ccccc1Cl)N=C(N[C@H]1CCc3ccccc31)N2. The van der Waals surface area contributed by atoms with E-state index in [2.05, 4.69) is 34.9 Å². The van der Waals surface area contributed by atoms with Crippen molar-refractivity contribution in [3.8, 4) is 0 Å². The van der Waals surface area contributed by atoms with Crippen molar-refractivity contribution in [2.45, 2.75) is 24.9 Å². The summed E-state index contributed by atoms with van der Waals surface area (Å²) in [6.07, 6.45) is 2.14. The fourth-order valence-electron chi connectivity index (χ4n) is 4.11. The Morgan fingerprint density at radius 3 is 2.54 bits per heavy atom. The van der Waals surface area contributed by atoms with Gasteiger partial charge in [0.2, 0.25) is 0 Å². The molecule has 140 valence electrons. The normalized spacial score (nSPS) is 20.0. The van der Waals surface area contributed by atoms with Gasteiger partial charge < -0.3 is 10.6 Å². The summed E-state index contributed by atoms with van der Waals surface area (Å²) < 4.78 is 0. The van der Waals surface area contributed by atoms with Crippen LogP contribution in [0, 0.1) is 0 Å². The molecule has 0 radical (unpaired) electrons. The monoisotopic (exact) mass is 407 g/mol. The van der Waals surface area contributed by atoms with Crippen LogP contribution in [0.1, 0.15) is 40.8 Å². The Labute approximate surface area is 174 Å². The molecule has 0 aromatic heterocycles. The third-order valence-corrected chi connectivity index (χ3v) is 6.04. The molecular formula is C23H19Cl2N3. The summed E-state index contributed by atoms with van der Waals surface area (Å²) in [5.41, 5.74) is 5.76. The highest BCUT2D eigenvalue weighted by Crippen LogP contribution is 2.39. The third-order valence-electron chi connectivity index (χ3n) is 5.46. The first-order valence-corrected chi connectivity index (χ1v) is 10.2. The first-order valence-electron chi connectivity index (χ1n) is 9.42. The van der Waals surface area contributed by atoms with Crippen LogP contribution < -0.4 is 10.6 Å². The lowest BCUT2D eigenvalue weighted by atomic mass is 9.96. The lowest BCUT2D eigenvalue weighted by molar-refractivity contribution is 0.633. The van der Waals surface area contributed by atoms with Crippen molar-refractivity contribution in [3.63, 3.8) is 0 Å². The summed E-state index contributed by atoms with van der Waals surface area (Å²) in [5, 5.41) is 8.44. The molecule has 1 aliphatic heterocycles. The molecule has 0 amide bonds. The average molecular weight is 408 g/mol. The molecule has 3 aromatic carbocycles. The van der Waals surface area contributed by atoms with E-state index in [-0.39, 0.29) is 12.1 Å². The fourth-order valence-corrected chi connectivity index (χ4v) is 4.53. The molecule has 2 N–H and O–H groups in total. The number of benzene rings is 3. The quantitative estimate of drug-likeness (QED) is 0.534. The molecule has 0 spiro atoms. The topological polar surface area (TPSA) is 36.4 Å². The van der Waals surface area contributed by atoms with Gasteiger partial charge in [0.25, 0.3) is 0 Å². The van der Waals surface area contributed by atoms with Gasteiger partial charge in [-0.05, 0) is 53.8 Å². The molecule has 1 aliphatic carbocycles. The second kappa shape index (κ2) is 7.16. The number of guanidine groups is 1. The van der Waals surface area contributed by atoms with Gasteiger partial charge in [0.15, 0.2) is 5.96 Å². The molecule has 1 heterocycles. The number of nitrogens with zero attached hydrogens (tertiary/aromatic N) is 1. The number of fused-ring (bicyclic) bond motifs is 2. The van der Waals surface area contributed by atoms with Gasteiger partial charge in [0.05, 0.1) is 6.04 Å². The summed E-state index contributed by atoms with van der Waals surface area (Å²) in [4.78, 5) is 4.98. The Balaban J connectivity index is 1.53. The molecule has 5 heteroatoms. The second-order valence-corrected chi connectivity index (χ2v) is 8.04. The van der Waals surface area contributed by atoms with Crippen molar-refractivity contribution < 1.29 is 0 Å². The van der Waals surface area contributed by atoms with Crippen molar-refractivity contribution in [2.75, 3.05) is 5.32 Å². The Morgan fingerprint density at radius 1 is 0.893 bits per heavy atom.